The number of nitrogens with zero attached hydrogens (tertiary/aromatic N) is 1. The lowest BCUT2D eigenvalue weighted by atomic mass is 10.1. The molecule has 0 heterocycles. The van der Waals surface area contributed by atoms with Crippen LogP contribution in [0.3, 0.4) is 0 Å². The Labute approximate surface area is 102 Å². The Morgan fingerprint density at radius 3 is 2.88 bits per heavy atom. The number of rotatable bonds is 5. The van der Waals surface area contributed by atoms with Crippen molar-refractivity contribution in [3.63, 3.8) is 0 Å². The van der Waals surface area contributed by atoms with Gasteiger partial charge in [0.25, 0.3) is 0 Å². The molecule has 1 rings (SSSR count). The summed E-state index contributed by atoms with van der Waals surface area (Å²) in [6, 6.07) is 7.38. The van der Waals surface area contributed by atoms with Gasteiger partial charge >= 0.3 is 0 Å². The zero-order chi connectivity index (χ0) is 12.0. The predicted molar refractivity (Wildman–Crippen MR) is 68.7 cm³/mol. The average Bonchev–Trinajstić information content (AvgIpc) is 2.28. The van der Waals surface area contributed by atoms with Gasteiger partial charge in [0.1, 0.15) is 0 Å². The summed E-state index contributed by atoms with van der Waals surface area (Å²) >= 11 is 6.04. The first-order chi connectivity index (χ1) is 7.67. The minimum Gasteiger partial charge on any atom is -0.384 e. The lowest BCUT2D eigenvalue weighted by Crippen LogP contribution is -2.11. The number of halogens is 1. The molecule has 0 bridgehead atoms. The fourth-order valence-electron chi connectivity index (χ4n) is 1.61. The summed E-state index contributed by atoms with van der Waals surface area (Å²) in [5.74, 6) is 0.617. The second-order valence-electron chi connectivity index (χ2n) is 4.08. The molecule has 1 unspecified atom stereocenters. The van der Waals surface area contributed by atoms with Gasteiger partial charge in [0, 0.05) is 6.54 Å². The van der Waals surface area contributed by atoms with E-state index in [0.717, 1.165) is 12.2 Å². The fraction of sp³-hybridized carbons (Fsp3) is 0.462. The Hall–Kier alpha value is -1.20. The normalized spacial score (nSPS) is 11.9. The van der Waals surface area contributed by atoms with Gasteiger partial charge in [0.15, 0.2) is 0 Å². The second-order valence-corrected chi connectivity index (χ2v) is 4.49. The third-order valence-corrected chi connectivity index (χ3v) is 2.85. The van der Waals surface area contributed by atoms with Crippen LogP contribution in [0.15, 0.2) is 18.2 Å². The standard InChI is InChI=1S/C13H17ClN2/c1-3-4-10(2)9-16-13-7-11(8-15)5-6-12(13)14/h5-7,10,16H,3-4,9H2,1-2H3. The van der Waals surface area contributed by atoms with Gasteiger partial charge in [-0.3, -0.25) is 0 Å². The molecule has 3 heteroatoms. The van der Waals surface area contributed by atoms with Crippen LogP contribution in [0.25, 0.3) is 0 Å². The lowest BCUT2D eigenvalue weighted by molar-refractivity contribution is 0.551. The number of benzene rings is 1. The van der Waals surface area contributed by atoms with Crippen LogP contribution in [0.5, 0.6) is 0 Å². The predicted octanol–water partition coefficient (Wildman–Crippen LogP) is 4.06. The Morgan fingerprint density at radius 1 is 1.50 bits per heavy atom. The van der Waals surface area contributed by atoms with E-state index < -0.39 is 0 Å². The van der Waals surface area contributed by atoms with Crippen molar-refractivity contribution in [2.75, 3.05) is 11.9 Å². The SMILES string of the molecule is CCCC(C)CNc1cc(C#N)ccc1Cl. The Bertz CT molecular complexity index is 382. The quantitative estimate of drug-likeness (QED) is 0.837. The van der Waals surface area contributed by atoms with Crippen LogP contribution in [-0.2, 0) is 0 Å². The van der Waals surface area contributed by atoms with Crippen molar-refractivity contribution in [2.45, 2.75) is 26.7 Å². The largest absolute Gasteiger partial charge is 0.384 e. The highest BCUT2D eigenvalue weighted by molar-refractivity contribution is 6.33. The molecular formula is C13H17ClN2. The maximum absolute atomic E-state index is 8.79. The molecule has 1 atom stereocenters. The molecule has 0 fully saturated rings. The molecule has 86 valence electrons. The van der Waals surface area contributed by atoms with Crippen LogP contribution in [0.1, 0.15) is 32.3 Å². The first kappa shape index (κ1) is 12.9. The van der Waals surface area contributed by atoms with Gasteiger partial charge in [0.2, 0.25) is 0 Å². The summed E-state index contributed by atoms with van der Waals surface area (Å²) in [5, 5.41) is 12.8. The van der Waals surface area contributed by atoms with Gasteiger partial charge in [-0.15, -0.1) is 0 Å². The van der Waals surface area contributed by atoms with Gasteiger partial charge < -0.3 is 5.32 Å². The van der Waals surface area contributed by atoms with Gasteiger partial charge in [-0.1, -0.05) is 31.9 Å². The molecule has 0 amide bonds. The highest BCUT2D eigenvalue weighted by Gasteiger charge is 2.04. The summed E-state index contributed by atoms with van der Waals surface area (Å²) in [6.07, 6.45) is 2.39. The number of nitriles is 1. The minimum absolute atomic E-state index is 0.617. The third-order valence-electron chi connectivity index (χ3n) is 2.52. The van der Waals surface area contributed by atoms with Gasteiger partial charge in [0.05, 0.1) is 22.3 Å². The topological polar surface area (TPSA) is 35.8 Å². The van der Waals surface area contributed by atoms with Crippen LogP contribution in [0, 0.1) is 17.2 Å². The lowest BCUT2D eigenvalue weighted by Gasteiger charge is -2.13. The molecule has 0 saturated heterocycles. The first-order valence-electron chi connectivity index (χ1n) is 5.61. The number of hydrogen-bond acceptors (Lipinski definition) is 2. The Kier molecular flexibility index (Phi) is 5.14. The number of anilines is 1. The molecular weight excluding hydrogens is 220 g/mol. The van der Waals surface area contributed by atoms with Crippen LogP contribution >= 0.6 is 11.6 Å². The zero-order valence-electron chi connectivity index (χ0n) is 9.76. The highest BCUT2D eigenvalue weighted by atomic mass is 35.5. The van der Waals surface area contributed by atoms with Crippen molar-refractivity contribution < 1.29 is 0 Å². The van der Waals surface area contributed by atoms with E-state index in [1.807, 2.05) is 0 Å². The molecule has 1 aromatic carbocycles. The van der Waals surface area contributed by atoms with Gasteiger partial charge in [-0.2, -0.15) is 5.26 Å². The van der Waals surface area contributed by atoms with E-state index in [0.29, 0.717) is 16.5 Å². The maximum Gasteiger partial charge on any atom is 0.0992 e. The summed E-state index contributed by atoms with van der Waals surface area (Å²) in [4.78, 5) is 0. The van der Waals surface area contributed by atoms with Crippen molar-refractivity contribution in [2.24, 2.45) is 5.92 Å². The van der Waals surface area contributed by atoms with Gasteiger partial charge in [-0.05, 0) is 30.5 Å². The molecule has 0 spiro atoms. The summed E-state index contributed by atoms with van der Waals surface area (Å²) in [7, 11) is 0. The second kappa shape index (κ2) is 6.40. The van der Waals surface area contributed by atoms with E-state index in [1.165, 1.54) is 12.8 Å². The maximum atomic E-state index is 8.79. The van der Waals surface area contributed by atoms with Crippen molar-refractivity contribution in [1.82, 2.24) is 0 Å². The number of hydrogen-bond donors (Lipinski definition) is 1. The van der Waals surface area contributed by atoms with E-state index in [-0.39, 0.29) is 0 Å². The van der Waals surface area contributed by atoms with Crippen molar-refractivity contribution in [3.8, 4) is 6.07 Å². The van der Waals surface area contributed by atoms with Crippen molar-refractivity contribution >= 4 is 17.3 Å². The van der Waals surface area contributed by atoms with Crippen molar-refractivity contribution in [3.05, 3.63) is 28.8 Å². The van der Waals surface area contributed by atoms with Crippen LogP contribution in [0.2, 0.25) is 5.02 Å². The van der Waals surface area contributed by atoms with E-state index in [4.69, 9.17) is 16.9 Å². The average molecular weight is 237 g/mol. The summed E-state index contributed by atoms with van der Waals surface area (Å²) < 4.78 is 0. The van der Waals surface area contributed by atoms with E-state index >= 15 is 0 Å². The summed E-state index contributed by atoms with van der Waals surface area (Å²) in [6.45, 7) is 5.28. The number of nitrogens with one attached hydrogen (secondary N) is 1. The molecule has 0 aromatic heterocycles. The fourth-order valence-corrected chi connectivity index (χ4v) is 1.79. The van der Waals surface area contributed by atoms with Crippen LogP contribution in [0.4, 0.5) is 5.69 Å². The Morgan fingerprint density at radius 2 is 2.25 bits per heavy atom. The summed E-state index contributed by atoms with van der Waals surface area (Å²) in [5.41, 5.74) is 1.48. The monoisotopic (exact) mass is 236 g/mol. The first-order valence-corrected chi connectivity index (χ1v) is 5.98. The van der Waals surface area contributed by atoms with Gasteiger partial charge in [-0.25, -0.2) is 0 Å². The molecule has 0 aliphatic rings. The molecule has 0 aliphatic carbocycles. The van der Waals surface area contributed by atoms with Crippen molar-refractivity contribution in [1.29, 1.82) is 5.26 Å². The van der Waals surface area contributed by atoms with E-state index in [1.54, 1.807) is 18.2 Å². The molecule has 0 saturated carbocycles. The van der Waals surface area contributed by atoms with E-state index in [9.17, 15) is 0 Å². The zero-order valence-corrected chi connectivity index (χ0v) is 10.5. The highest BCUT2D eigenvalue weighted by Crippen LogP contribution is 2.23. The minimum atomic E-state index is 0.617. The van der Waals surface area contributed by atoms with Crippen LogP contribution < -0.4 is 5.32 Å². The molecule has 16 heavy (non-hydrogen) atoms. The molecule has 1 aromatic rings. The van der Waals surface area contributed by atoms with Crippen LogP contribution in [-0.4, -0.2) is 6.54 Å². The van der Waals surface area contributed by atoms with E-state index in [2.05, 4.69) is 25.2 Å². The molecule has 0 radical (unpaired) electrons. The smallest absolute Gasteiger partial charge is 0.0992 e. The molecule has 2 nitrogen and oxygen atoms in total. The molecule has 0 aliphatic heterocycles. The Balaban J connectivity index is 2.63. The molecule has 1 N–H and O–H groups in total. The third kappa shape index (κ3) is 3.75.